The standard InChI is InChI=1S/C14H20N2O2S/c1-5-10-6-7-11(19-10)8-16-9(2)12(17)15-14(3,4)13(16)18/h6-7,9H,5,8H2,1-4H3,(H,15,17). The normalized spacial score (nSPS) is 22.5. The zero-order chi connectivity index (χ0) is 14.2. The Kier molecular flexibility index (Phi) is 3.67. The quantitative estimate of drug-likeness (QED) is 0.920. The molecule has 1 N–H and O–H groups in total. The van der Waals surface area contributed by atoms with E-state index in [1.54, 1.807) is 37.0 Å². The van der Waals surface area contributed by atoms with Gasteiger partial charge in [0.25, 0.3) is 0 Å². The van der Waals surface area contributed by atoms with Crippen LogP contribution in [0.5, 0.6) is 0 Å². The third-order valence-electron chi connectivity index (χ3n) is 3.47. The molecular formula is C14H20N2O2S. The number of piperazine rings is 1. The van der Waals surface area contributed by atoms with E-state index in [9.17, 15) is 9.59 Å². The highest BCUT2D eigenvalue weighted by molar-refractivity contribution is 7.11. The lowest BCUT2D eigenvalue weighted by Crippen LogP contribution is -2.66. The summed E-state index contributed by atoms with van der Waals surface area (Å²) < 4.78 is 0. The number of amides is 2. The van der Waals surface area contributed by atoms with Gasteiger partial charge in [-0.1, -0.05) is 6.92 Å². The van der Waals surface area contributed by atoms with Gasteiger partial charge in [-0.3, -0.25) is 9.59 Å². The molecule has 1 aliphatic heterocycles. The van der Waals surface area contributed by atoms with Crippen LogP contribution in [0.1, 0.15) is 37.4 Å². The average Bonchev–Trinajstić information content (AvgIpc) is 2.80. The number of thiophene rings is 1. The lowest BCUT2D eigenvalue weighted by molar-refractivity contribution is -0.153. The van der Waals surface area contributed by atoms with Gasteiger partial charge in [-0.15, -0.1) is 11.3 Å². The fourth-order valence-electron chi connectivity index (χ4n) is 2.22. The van der Waals surface area contributed by atoms with Crippen LogP contribution in [0.2, 0.25) is 0 Å². The van der Waals surface area contributed by atoms with E-state index in [-0.39, 0.29) is 11.8 Å². The molecule has 5 heteroatoms. The minimum Gasteiger partial charge on any atom is -0.340 e. The summed E-state index contributed by atoms with van der Waals surface area (Å²) in [5.41, 5.74) is -0.811. The van der Waals surface area contributed by atoms with E-state index < -0.39 is 11.6 Å². The highest BCUT2D eigenvalue weighted by atomic mass is 32.1. The molecule has 1 unspecified atom stereocenters. The highest BCUT2D eigenvalue weighted by Crippen LogP contribution is 2.24. The number of carbonyl (C=O) groups is 2. The number of hydrogen-bond donors (Lipinski definition) is 1. The highest BCUT2D eigenvalue weighted by Gasteiger charge is 2.43. The predicted octanol–water partition coefficient (Wildman–Crippen LogP) is 1.94. The van der Waals surface area contributed by atoms with Crippen LogP contribution in [-0.4, -0.2) is 28.3 Å². The van der Waals surface area contributed by atoms with Gasteiger partial charge in [0, 0.05) is 9.75 Å². The Morgan fingerprint density at radius 1 is 1.32 bits per heavy atom. The maximum Gasteiger partial charge on any atom is 0.248 e. The van der Waals surface area contributed by atoms with Gasteiger partial charge < -0.3 is 10.2 Å². The summed E-state index contributed by atoms with van der Waals surface area (Å²) in [4.78, 5) is 28.4. The Morgan fingerprint density at radius 3 is 2.53 bits per heavy atom. The van der Waals surface area contributed by atoms with E-state index in [1.165, 1.54) is 4.88 Å². The minimum absolute atomic E-state index is 0.0222. The van der Waals surface area contributed by atoms with Gasteiger partial charge >= 0.3 is 0 Å². The predicted molar refractivity (Wildman–Crippen MR) is 75.9 cm³/mol. The Hall–Kier alpha value is -1.36. The van der Waals surface area contributed by atoms with Crippen molar-refractivity contribution in [1.29, 1.82) is 0 Å². The Labute approximate surface area is 117 Å². The summed E-state index contributed by atoms with van der Waals surface area (Å²) in [7, 11) is 0. The molecule has 104 valence electrons. The third-order valence-corrected chi connectivity index (χ3v) is 4.68. The molecule has 1 aromatic rings. The lowest BCUT2D eigenvalue weighted by Gasteiger charge is -2.41. The van der Waals surface area contributed by atoms with Crippen molar-refractivity contribution < 1.29 is 9.59 Å². The fraction of sp³-hybridized carbons (Fsp3) is 0.571. The molecular weight excluding hydrogens is 260 g/mol. The van der Waals surface area contributed by atoms with Crippen molar-refractivity contribution in [1.82, 2.24) is 10.2 Å². The summed E-state index contributed by atoms with van der Waals surface area (Å²) in [6.07, 6.45) is 1.00. The topological polar surface area (TPSA) is 49.4 Å². The fourth-order valence-corrected chi connectivity index (χ4v) is 3.17. The number of nitrogens with zero attached hydrogens (tertiary/aromatic N) is 1. The second kappa shape index (κ2) is 4.96. The van der Waals surface area contributed by atoms with Crippen LogP contribution >= 0.6 is 11.3 Å². The second-order valence-corrected chi connectivity index (χ2v) is 6.70. The first kappa shape index (κ1) is 14.1. The molecule has 0 aliphatic carbocycles. The molecule has 19 heavy (non-hydrogen) atoms. The maximum absolute atomic E-state index is 12.4. The summed E-state index contributed by atoms with van der Waals surface area (Å²) in [6.45, 7) is 7.90. The van der Waals surface area contributed by atoms with Gasteiger partial charge in [-0.2, -0.15) is 0 Å². The Morgan fingerprint density at radius 2 is 1.95 bits per heavy atom. The van der Waals surface area contributed by atoms with Gasteiger partial charge in [0.15, 0.2) is 0 Å². The number of nitrogens with one attached hydrogen (secondary N) is 1. The molecule has 0 bridgehead atoms. The largest absolute Gasteiger partial charge is 0.340 e. The lowest BCUT2D eigenvalue weighted by atomic mass is 9.97. The minimum atomic E-state index is -0.811. The van der Waals surface area contributed by atoms with Gasteiger partial charge in [-0.05, 0) is 39.3 Å². The van der Waals surface area contributed by atoms with Crippen LogP contribution in [0, 0.1) is 0 Å². The van der Waals surface area contributed by atoms with Crippen molar-refractivity contribution in [3.63, 3.8) is 0 Å². The van der Waals surface area contributed by atoms with Gasteiger partial charge in [0.1, 0.15) is 11.6 Å². The SMILES string of the molecule is CCc1ccc(CN2C(=O)C(C)(C)NC(=O)C2C)s1. The van der Waals surface area contributed by atoms with E-state index in [1.807, 2.05) is 6.07 Å². The van der Waals surface area contributed by atoms with Crippen LogP contribution in [0.15, 0.2) is 12.1 Å². The first-order valence-corrected chi connectivity index (χ1v) is 7.37. The van der Waals surface area contributed by atoms with Crippen molar-refractivity contribution in [3.05, 3.63) is 21.9 Å². The van der Waals surface area contributed by atoms with Crippen molar-refractivity contribution >= 4 is 23.2 Å². The van der Waals surface area contributed by atoms with Crippen molar-refractivity contribution in [2.75, 3.05) is 0 Å². The number of carbonyl (C=O) groups excluding carboxylic acids is 2. The number of rotatable bonds is 3. The average molecular weight is 280 g/mol. The molecule has 1 aliphatic rings. The van der Waals surface area contributed by atoms with E-state index in [2.05, 4.69) is 18.3 Å². The molecule has 1 aromatic heterocycles. The number of aryl methyl sites for hydroxylation is 1. The molecule has 2 heterocycles. The van der Waals surface area contributed by atoms with Gasteiger partial charge in [0.2, 0.25) is 11.8 Å². The summed E-state index contributed by atoms with van der Waals surface area (Å²) in [5.74, 6) is -0.108. The zero-order valence-corrected chi connectivity index (χ0v) is 12.6. The van der Waals surface area contributed by atoms with E-state index in [4.69, 9.17) is 0 Å². The molecule has 1 fully saturated rings. The Bertz CT molecular complexity index is 507. The molecule has 1 atom stereocenters. The molecule has 0 aromatic carbocycles. The zero-order valence-electron chi connectivity index (χ0n) is 11.8. The summed E-state index contributed by atoms with van der Waals surface area (Å²) in [6, 6.07) is 3.72. The van der Waals surface area contributed by atoms with E-state index in [0.717, 1.165) is 11.3 Å². The first-order chi connectivity index (χ1) is 8.85. The van der Waals surface area contributed by atoms with Gasteiger partial charge in [-0.25, -0.2) is 0 Å². The van der Waals surface area contributed by atoms with Crippen molar-refractivity contribution in [2.24, 2.45) is 0 Å². The van der Waals surface area contributed by atoms with E-state index in [0.29, 0.717) is 6.54 Å². The van der Waals surface area contributed by atoms with Crippen LogP contribution in [0.25, 0.3) is 0 Å². The third kappa shape index (κ3) is 2.66. The van der Waals surface area contributed by atoms with Crippen molar-refractivity contribution in [2.45, 2.75) is 52.2 Å². The van der Waals surface area contributed by atoms with E-state index >= 15 is 0 Å². The van der Waals surface area contributed by atoms with Crippen LogP contribution in [0.4, 0.5) is 0 Å². The first-order valence-electron chi connectivity index (χ1n) is 6.56. The molecule has 2 rings (SSSR count). The molecule has 0 spiro atoms. The van der Waals surface area contributed by atoms with Crippen LogP contribution < -0.4 is 5.32 Å². The maximum atomic E-state index is 12.4. The molecule has 1 saturated heterocycles. The Balaban J connectivity index is 2.21. The summed E-state index contributed by atoms with van der Waals surface area (Å²) in [5, 5.41) is 2.76. The van der Waals surface area contributed by atoms with Gasteiger partial charge in [0.05, 0.1) is 6.54 Å². The van der Waals surface area contributed by atoms with Crippen LogP contribution in [0.3, 0.4) is 0 Å². The molecule has 4 nitrogen and oxygen atoms in total. The van der Waals surface area contributed by atoms with Crippen LogP contribution in [-0.2, 0) is 22.6 Å². The molecule has 0 saturated carbocycles. The molecule has 2 amide bonds. The monoisotopic (exact) mass is 280 g/mol. The smallest absolute Gasteiger partial charge is 0.248 e. The second-order valence-electron chi connectivity index (χ2n) is 5.44. The molecule has 0 radical (unpaired) electrons. The van der Waals surface area contributed by atoms with Crippen molar-refractivity contribution in [3.8, 4) is 0 Å². The summed E-state index contributed by atoms with van der Waals surface area (Å²) >= 11 is 1.71. The number of hydrogen-bond acceptors (Lipinski definition) is 3.